The largest absolute Gasteiger partial charge is 0.236 e. The van der Waals surface area contributed by atoms with Gasteiger partial charge in [0.15, 0.2) is 5.82 Å². The van der Waals surface area contributed by atoms with Gasteiger partial charge in [-0.3, -0.25) is 0 Å². The van der Waals surface area contributed by atoms with Gasteiger partial charge in [-0.25, -0.2) is 9.97 Å². The Balaban J connectivity index is 1.13. The van der Waals surface area contributed by atoms with Gasteiger partial charge in [0.1, 0.15) is 0 Å². The third kappa shape index (κ3) is 4.16. The minimum Gasteiger partial charge on any atom is -0.236 e. The van der Waals surface area contributed by atoms with Crippen LogP contribution in [0.3, 0.4) is 0 Å². The van der Waals surface area contributed by atoms with Gasteiger partial charge in [-0.15, -0.1) is 11.3 Å². The summed E-state index contributed by atoms with van der Waals surface area (Å²) in [7, 11) is 0. The number of benzene rings is 7. The van der Waals surface area contributed by atoms with E-state index in [1.807, 2.05) is 17.5 Å². The average molecular weight is 593 g/mol. The number of aromatic nitrogens is 2. The first-order valence-electron chi connectivity index (χ1n) is 15.3. The van der Waals surface area contributed by atoms with Gasteiger partial charge in [0.05, 0.1) is 0 Å². The zero-order chi connectivity index (χ0) is 30.1. The first kappa shape index (κ1) is 26.1. The highest BCUT2D eigenvalue weighted by Gasteiger charge is 2.15. The number of hydrogen-bond donors (Lipinski definition) is 0. The maximum absolute atomic E-state index is 5.06. The fourth-order valence-electron chi connectivity index (χ4n) is 6.96. The number of fused-ring (bicyclic) bond motifs is 9. The molecule has 0 aliphatic carbocycles. The molecule has 2 heterocycles. The Bertz CT molecular complexity index is 2630. The molecule has 0 fully saturated rings. The van der Waals surface area contributed by atoms with Crippen molar-refractivity contribution in [3.63, 3.8) is 0 Å². The van der Waals surface area contributed by atoms with Gasteiger partial charge in [0.25, 0.3) is 0 Å². The molecular weight excluding hydrogens is 565 g/mol. The van der Waals surface area contributed by atoms with Crippen LogP contribution in [0.15, 0.2) is 134 Å². The summed E-state index contributed by atoms with van der Waals surface area (Å²) < 4.78 is 2.63. The lowest BCUT2D eigenvalue weighted by Gasteiger charge is -2.15. The van der Waals surface area contributed by atoms with Crippen LogP contribution in [-0.2, 0) is 0 Å². The quantitative estimate of drug-likeness (QED) is 0.191. The zero-order valence-corrected chi connectivity index (χ0v) is 25.8. The lowest BCUT2D eigenvalue weighted by Crippen LogP contribution is -1.97. The maximum atomic E-state index is 5.06. The van der Waals surface area contributed by atoms with Crippen LogP contribution in [0, 0.1) is 13.8 Å². The fourth-order valence-corrected chi connectivity index (χ4v) is 8.11. The molecule has 0 spiro atoms. The monoisotopic (exact) mass is 592 g/mol. The third-order valence-electron chi connectivity index (χ3n) is 9.19. The lowest BCUT2D eigenvalue weighted by molar-refractivity contribution is 1.11. The van der Waals surface area contributed by atoms with Crippen molar-refractivity contribution in [3.8, 4) is 33.6 Å². The minimum atomic E-state index is 0.746. The second kappa shape index (κ2) is 10.1. The summed E-state index contributed by atoms with van der Waals surface area (Å²) in [5.74, 6) is 0.746. The van der Waals surface area contributed by atoms with Crippen LogP contribution in [0.2, 0.25) is 0 Å². The highest BCUT2D eigenvalue weighted by Crippen LogP contribution is 2.40. The first-order chi connectivity index (χ1) is 22.1. The Hall–Kier alpha value is -5.38. The van der Waals surface area contributed by atoms with Crippen molar-refractivity contribution in [1.29, 1.82) is 0 Å². The van der Waals surface area contributed by atoms with E-state index >= 15 is 0 Å². The van der Waals surface area contributed by atoms with E-state index in [1.165, 1.54) is 74.7 Å². The maximum Gasteiger partial charge on any atom is 0.159 e. The second-order valence-electron chi connectivity index (χ2n) is 11.9. The van der Waals surface area contributed by atoms with Gasteiger partial charge in [0.2, 0.25) is 0 Å². The molecule has 3 heteroatoms. The Morgan fingerprint density at radius 3 is 1.78 bits per heavy atom. The normalized spacial score (nSPS) is 11.8. The van der Waals surface area contributed by atoms with E-state index in [0.29, 0.717) is 0 Å². The van der Waals surface area contributed by atoms with Gasteiger partial charge in [-0.1, -0.05) is 103 Å². The Morgan fingerprint density at radius 1 is 0.444 bits per heavy atom. The number of rotatable bonds is 3. The first-order valence-corrected chi connectivity index (χ1v) is 16.1. The highest BCUT2D eigenvalue weighted by molar-refractivity contribution is 7.25. The molecule has 0 radical (unpaired) electrons. The van der Waals surface area contributed by atoms with E-state index in [2.05, 4.69) is 141 Å². The van der Waals surface area contributed by atoms with Gasteiger partial charge in [-0.2, -0.15) is 0 Å². The molecule has 2 nitrogen and oxygen atoms in total. The zero-order valence-electron chi connectivity index (χ0n) is 25.0. The summed E-state index contributed by atoms with van der Waals surface area (Å²) in [5, 5.41) is 10.3. The van der Waals surface area contributed by atoms with E-state index in [-0.39, 0.29) is 0 Å². The molecule has 2 aromatic heterocycles. The minimum absolute atomic E-state index is 0.746. The van der Waals surface area contributed by atoms with E-state index < -0.39 is 0 Å². The summed E-state index contributed by atoms with van der Waals surface area (Å²) in [6, 6.07) is 46.2. The second-order valence-corrected chi connectivity index (χ2v) is 13.0. The molecule has 0 aliphatic heterocycles. The molecule has 0 aliphatic rings. The molecule has 0 bridgehead atoms. The molecule has 0 unspecified atom stereocenters. The predicted molar refractivity (Wildman–Crippen MR) is 193 cm³/mol. The van der Waals surface area contributed by atoms with E-state index in [4.69, 9.17) is 9.97 Å². The van der Waals surface area contributed by atoms with Gasteiger partial charge in [0, 0.05) is 43.2 Å². The Kier molecular flexibility index (Phi) is 5.84. The van der Waals surface area contributed by atoms with Gasteiger partial charge >= 0.3 is 0 Å². The van der Waals surface area contributed by atoms with Crippen LogP contribution in [-0.4, -0.2) is 9.97 Å². The van der Waals surface area contributed by atoms with Crippen molar-refractivity contribution in [2.45, 2.75) is 13.8 Å². The van der Waals surface area contributed by atoms with E-state index in [9.17, 15) is 0 Å². The van der Waals surface area contributed by atoms with Crippen LogP contribution in [0.1, 0.15) is 11.3 Å². The van der Waals surface area contributed by atoms with Crippen molar-refractivity contribution < 1.29 is 0 Å². The van der Waals surface area contributed by atoms with Crippen LogP contribution in [0.5, 0.6) is 0 Å². The van der Waals surface area contributed by atoms with Crippen molar-refractivity contribution in [2.75, 3.05) is 0 Å². The van der Waals surface area contributed by atoms with Crippen LogP contribution < -0.4 is 0 Å². The smallest absolute Gasteiger partial charge is 0.159 e. The van der Waals surface area contributed by atoms with Crippen LogP contribution >= 0.6 is 11.3 Å². The molecule has 45 heavy (non-hydrogen) atoms. The van der Waals surface area contributed by atoms with Crippen molar-refractivity contribution in [1.82, 2.24) is 9.97 Å². The topological polar surface area (TPSA) is 25.8 Å². The molecule has 0 saturated heterocycles. The van der Waals surface area contributed by atoms with Crippen LogP contribution in [0.25, 0.3) is 86.1 Å². The number of thiophene rings is 1. The summed E-state index contributed by atoms with van der Waals surface area (Å²) in [6.45, 7) is 4.30. The Morgan fingerprint density at radius 2 is 1.04 bits per heavy atom. The molecular formula is C42H28N2S. The fraction of sp³-hybridized carbons (Fsp3) is 0.0476. The molecule has 0 amide bonds. The van der Waals surface area contributed by atoms with Gasteiger partial charge in [-0.05, 0) is 92.7 Å². The number of hydrogen-bond acceptors (Lipinski definition) is 3. The standard InChI is InChI=1S/C42H28N2S/c1-25-20-37-32-14-5-3-12-30(32)31-13-4-6-15-33(31)38(37)23-36(25)39-24-43-42(44-26(39)2)29-11-9-10-27(21-29)28-18-19-35-34-16-7-8-17-40(34)45-41(35)22-28/h3-24H,1-2H3. The van der Waals surface area contributed by atoms with Crippen LogP contribution in [0.4, 0.5) is 0 Å². The lowest BCUT2D eigenvalue weighted by atomic mass is 9.90. The predicted octanol–water partition coefficient (Wildman–Crippen LogP) is 11.9. The molecule has 9 rings (SSSR count). The van der Waals surface area contributed by atoms with Gasteiger partial charge < -0.3 is 0 Å². The SMILES string of the molecule is Cc1cc2c3ccccc3c3ccccc3c2cc1-c1cnc(-c2cccc(-c3ccc4c(c3)sc3ccccc34)c2)nc1C. The summed E-state index contributed by atoms with van der Waals surface area (Å²) >= 11 is 1.85. The molecule has 212 valence electrons. The van der Waals surface area contributed by atoms with E-state index in [1.54, 1.807) is 0 Å². The van der Waals surface area contributed by atoms with Crippen molar-refractivity contribution >= 4 is 63.8 Å². The summed E-state index contributed by atoms with van der Waals surface area (Å²) in [6.07, 6.45) is 2.00. The molecule has 0 saturated carbocycles. The molecule has 7 aromatic carbocycles. The highest BCUT2D eigenvalue weighted by atomic mass is 32.1. The molecule has 0 N–H and O–H groups in total. The van der Waals surface area contributed by atoms with Crippen molar-refractivity contribution in [3.05, 3.63) is 145 Å². The molecule has 0 atom stereocenters. The number of nitrogens with zero attached hydrogens (tertiary/aromatic N) is 2. The number of aryl methyl sites for hydroxylation is 2. The summed E-state index contributed by atoms with van der Waals surface area (Å²) in [4.78, 5) is 9.98. The van der Waals surface area contributed by atoms with E-state index in [0.717, 1.165) is 22.6 Å². The third-order valence-corrected chi connectivity index (χ3v) is 10.3. The summed E-state index contributed by atoms with van der Waals surface area (Å²) in [5.41, 5.74) is 7.84. The molecule has 9 aromatic rings. The Labute approximate surface area is 265 Å². The van der Waals surface area contributed by atoms with Crippen molar-refractivity contribution in [2.24, 2.45) is 0 Å². The average Bonchev–Trinajstić information content (AvgIpc) is 3.46.